The van der Waals surface area contributed by atoms with E-state index in [1.165, 1.54) is 35.2 Å². The molecule has 2 aromatic carbocycles. The fourth-order valence-corrected chi connectivity index (χ4v) is 3.63. The van der Waals surface area contributed by atoms with E-state index in [9.17, 15) is 17.6 Å². The van der Waals surface area contributed by atoms with Crippen molar-refractivity contribution in [1.82, 2.24) is 4.90 Å². The highest BCUT2D eigenvalue weighted by atomic mass is 32.2. The first-order valence-electron chi connectivity index (χ1n) is 8.38. The van der Waals surface area contributed by atoms with Gasteiger partial charge >= 0.3 is 0 Å². The minimum absolute atomic E-state index is 0.0517. The first-order chi connectivity index (χ1) is 12.5. The van der Waals surface area contributed by atoms with E-state index in [1.807, 2.05) is 13.8 Å². The van der Waals surface area contributed by atoms with Crippen molar-refractivity contribution in [2.75, 3.05) is 24.9 Å². The number of halogens is 1. The van der Waals surface area contributed by atoms with Gasteiger partial charge in [-0.2, -0.15) is 0 Å². The summed E-state index contributed by atoms with van der Waals surface area (Å²) in [6.07, 6.45) is 0. The van der Waals surface area contributed by atoms with Gasteiger partial charge in [-0.3, -0.25) is 9.52 Å². The van der Waals surface area contributed by atoms with Gasteiger partial charge < -0.3 is 10.6 Å². The molecule has 0 aromatic heterocycles. The van der Waals surface area contributed by atoms with E-state index in [1.54, 1.807) is 13.1 Å². The lowest BCUT2D eigenvalue weighted by molar-refractivity contribution is 0.0740. The number of amides is 1. The predicted molar refractivity (Wildman–Crippen MR) is 103 cm³/mol. The van der Waals surface area contributed by atoms with Gasteiger partial charge in [-0.05, 0) is 54.4 Å². The normalized spacial score (nSPS) is 11.9. The Morgan fingerprint density at radius 3 is 2.41 bits per heavy atom. The summed E-state index contributed by atoms with van der Waals surface area (Å²) < 4.78 is 40.5. The number of nitrogens with zero attached hydrogens (tertiary/aromatic N) is 1. The van der Waals surface area contributed by atoms with Gasteiger partial charge in [-0.1, -0.05) is 19.9 Å². The largest absolute Gasteiger partial charge is 0.341 e. The predicted octanol–water partition coefficient (Wildman–Crippen LogP) is 2.68. The minimum Gasteiger partial charge on any atom is -0.341 e. The molecule has 0 heterocycles. The van der Waals surface area contributed by atoms with Crippen LogP contribution in [0.25, 0.3) is 0 Å². The third-order valence-corrected chi connectivity index (χ3v) is 5.43. The summed E-state index contributed by atoms with van der Waals surface area (Å²) in [5, 5.41) is 0. The van der Waals surface area contributed by atoms with Crippen molar-refractivity contribution < 1.29 is 17.6 Å². The highest BCUT2D eigenvalue weighted by Gasteiger charge is 2.23. The third kappa shape index (κ3) is 5.51. The van der Waals surface area contributed by atoms with Crippen molar-refractivity contribution in [2.45, 2.75) is 18.7 Å². The summed E-state index contributed by atoms with van der Waals surface area (Å²) in [7, 11) is -2.26. The molecule has 0 unspecified atom stereocenters. The molecule has 2 rings (SSSR count). The summed E-state index contributed by atoms with van der Waals surface area (Å²) in [4.78, 5) is 14.1. The molecule has 8 heteroatoms. The molecule has 2 aromatic rings. The number of carbonyl (C=O) groups excluding carboxylic acids is 1. The smallest absolute Gasteiger partial charge is 0.261 e. The number of benzene rings is 2. The van der Waals surface area contributed by atoms with Crippen LogP contribution in [0, 0.1) is 11.2 Å². The van der Waals surface area contributed by atoms with Crippen molar-refractivity contribution >= 4 is 21.6 Å². The molecule has 3 N–H and O–H groups in total. The van der Waals surface area contributed by atoms with E-state index in [2.05, 4.69) is 4.72 Å². The average molecular weight is 393 g/mol. The van der Waals surface area contributed by atoms with Crippen LogP contribution >= 0.6 is 0 Å². The molecule has 1 amide bonds. The van der Waals surface area contributed by atoms with Gasteiger partial charge in [0.15, 0.2) is 0 Å². The topological polar surface area (TPSA) is 92.5 Å². The van der Waals surface area contributed by atoms with E-state index in [-0.39, 0.29) is 27.5 Å². The zero-order valence-electron chi connectivity index (χ0n) is 15.6. The third-order valence-electron chi connectivity index (χ3n) is 4.05. The van der Waals surface area contributed by atoms with Gasteiger partial charge in [0.1, 0.15) is 5.82 Å². The van der Waals surface area contributed by atoms with Gasteiger partial charge in [0, 0.05) is 24.8 Å². The van der Waals surface area contributed by atoms with Gasteiger partial charge in [0.2, 0.25) is 0 Å². The Bertz CT molecular complexity index is 912. The second-order valence-electron chi connectivity index (χ2n) is 7.17. The Labute approximate surface area is 159 Å². The molecular formula is C19H24FN3O3S. The number of rotatable bonds is 7. The first kappa shape index (κ1) is 20.9. The van der Waals surface area contributed by atoms with Crippen LogP contribution in [-0.2, 0) is 10.0 Å². The molecule has 0 atom stereocenters. The molecule has 0 aliphatic carbocycles. The van der Waals surface area contributed by atoms with Crippen molar-refractivity contribution in [3.05, 3.63) is 59.9 Å². The van der Waals surface area contributed by atoms with Crippen LogP contribution < -0.4 is 10.5 Å². The SMILES string of the molecule is CN(CC(C)(C)CN)C(=O)c1cccc(S(=O)(=O)Nc2ccc(F)cc2)c1. The molecule has 27 heavy (non-hydrogen) atoms. The molecule has 0 aliphatic rings. The summed E-state index contributed by atoms with van der Waals surface area (Å²) in [5.41, 5.74) is 5.94. The standard InChI is InChI=1S/C19H24FN3O3S/c1-19(2,12-21)13-23(3)18(24)14-5-4-6-17(11-14)27(25,26)22-16-9-7-15(20)8-10-16/h4-11,22H,12-13,21H2,1-3H3. The maximum atomic E-state index is 13.0. The number of sulfonamides is 1. The second-order valence-corrected chi connectivity index (χ2v) is 8.85. The molecule has 0 saturated heterocycles. The van der Waals surface area contributed by atoms with E-state index >= 15 is 0 Å². The molecule has 0 aliphatic heterocycles. The van der Waals surface area contributed by atoms with Crippen molar-refractivity contribution in [2.24, 2.45) is 11.1 Å². The number of carbonyl (C=O) groups is 1. The van der Waals surface area contributed by atoms with Gasteiger partial charge in [-0.15, -0.1) is 0 Å². The zero-order valence-corrected chi connectivity index (χ0v) is 16.4. The Morgan fingerprint density at radius 1 is 1.19 bits per heavy atom. The summed E-state index contributed by atoms with van der Waals surface area (Å²) in [6.45, 7) is 4.75. The number of anilines is 1. The molecule has 6 nitrogen and oxygen atoms in total. The average Bonchev–Trinajstić information content (AvgIpc) is 2.62. The van der Waals surface area contributed by atoms with Crippen LogP contribution in [0.4, 0.5) is 10.1 Å². The molecule has 146 valence electrons. The fraction of sp³-hybridized carbons (Fsp3) is 0.316. The van der Waals surface area contributed by atoms with E-state index in [4.69, 9.17) is 5.73 Å². The highest BCUT2D eigenvalue weighted by Crippen LogP contribution is 2.20. The second kappa shape index (κ2) is 8.06. The van der Waals surface area contributed by atoms with Gasteiger partial charge in [0.05, 0.1) is 4.90 Å². The van der Waals surface area contributed by atoms with Crippen LogP contribution in [0.15, 0.2) is 53.4 Å². The quantitative estimate of drug-likeness (QED) is 0.756. The molecule has 0 spiro atoms. The van der Waals surface area contributed by atoms with Crippen LogP contribution in [0.1, 0.15) is 24.2 Å². The molecule has 0 fully saturated rings. The summed E-state index contributed by atoms with van der Waals surface area (Å²) >= 11 is 0. The van der Waals surface area contributed by atoms with Crippen LogP contribution in [0.3, 0.4) is 0 Å². The zero-order chi connectivity index (χ0) is 20.2. The first-order valence-corrected chi connectivity index (χ1v) is 9.86. The number of hydrogen-bond donors (Lipinski definition) is 2. The van der Waals surface area contributed by atoms with E-state index in [0.717, 1.165) is 12.1 Å². The van der Waals surface area contributed by atoms with Crippen molar-refractivity contribution in [1.29, 1.82) is 0 Å². The summed E-state index contributed by atoms with van der Waals surface area (Å²) in [6, 6.07) is 10.7. The molecular weight excluding hydrogens is 369 g/mol. The molecule has 0 radical (unpaired) electrons. The van der Waals surface area contributed by atoms with Crippen LogP contribution in [0.5, 0.6) is 0 Å². The fourth-order valence-electron chi connectivity index (χ4n) is 2.53. The van der Waals surface area contributed by atoms with Gasteiger partial charge in [-0.25, -0.2) is 12.8 Å². The molecule has 0 saturated carbocycles. The van der Waals surface area contributed by atoms with Crippen molar-refractivity contribution in [3.63, 3.8) is 0 Å². The maximum Gasteiger partial charge on any atom is 0.261 e. The lowest BCUT2D eigenvalue weighted by Crippen LogP contribution is -2.39. The molecule has 0 bridgehead atoms. The maximum absolute atomic E-state index is 13.0. The monoisotopic (exact) mass is 393 g/mol. The van der Waals surface area contributed by atoms with E-state index in [0.29, 0.717) is 13.1 Å². The van der Waals surface area contributed by atoms with Crippen LogP contribution in [0.2, 0.25) is 0 Å². The van der Waals surface area contributed by atoms with Crippen molar-refractivity contribution in [3.8, 4) is 0 Å². The van der Waals surface area contributed by atoms with Crippen LogP contribution in [-0.4, -0.2) is 39.4 Å². The highest BCUT2D eigenvalue weighted by molar-refractivity contribution is 7.92. The Hall–Kier alpha value is -2.45. The Kier molecular flexibility index (Phi) is 6.22. The minimum atomic E-state index is -3.91. The number of nitrogens with one attached hydrogen (secondary N) is 1. The Balaban J connectivity index is 2.23. The van der Waals surface area contributed by atoms with Gasteiger partial charge in [0.25, 0.3) is 15.9 Å². The number of nitrogens with two attached hydrogens (primary N) is 1. The lowest BCUT2D eigenvalue weighted by Gasteiger charge is -2.29. The number of hydrogen-bond acceptors (Lipinski definition) is 4. The Morgan fingerprint density at radius 2 is 1.81 bits per heavy atom. The summed E-state index contributed by atoms with van der Waals surface area (Å²) in [5.74, 6) is -0.760. The van der Waals surface area contributed by atoms with E-state index < -0.39 is 15.8 Å². The lowest BCUT2D eigenvalue weighted by atomic mass is 9.93.